The van der Waals surface area contributed by atoms with Crippen LogP contribution in [0.1, 0.15) is 36.6 Å². The van der Waals surface area contributed by atoms with Gasteiger partial charge in [-0.2, -0.15) is 0 Å². The molecule has 0 aliphatic rings. The molecule has 1 N–H and O–H groups in total. The number of aryl methyl sites for hydroxylation is 2. The van der Waals surface area contributed by atoms with E-state index in [9.17, 15) is 13.2 Å². The summed E-state index contributed by atoms with van der Waals surface area (Å²) >= 11 is 0. The second kappa shape index (κ2) is 10.1. The van der Waals surface area contributed by atoms with E-state index in [4.69, 9.17) is 4.74 Å². The average Bonchev–Trinajstić information content (AvgIpc) is 2.74. The average molecular weight is 467 g/mol. The van der Waals surface area contributed by atoms with E-state index in [0.29, 0.717) is 17.2 Å². The standard InChI is InChI=1S/C26H30N2O4S/c1-18-11-16-25(19(2)17-18)20(3)27-26(29)21(4)28(33(5,30)31)22-12-14-24(15-13-22)32-23-9-7-6-8-10-23/h6-17,20-21H,1-5H3,(H,27,29)/t20-,21-/m0/s1. The van der Waals surface area contributed by atoms with Gasteiger partial charge in [-0.15, -0.1) is 0 Å². The topological polar surface area (TPSA) is 75.7 Å². The summed E-state index contributed by atoms with van der Waals surface area (Å²) in [5, 5.41) is 2.95. The van der Waals surface area contributed by atoms with E-state index in [-0.39, 0.29) is 11.9 Å². The van der Waals surface area contributed by atoms with Crippen LogP contribution in [0.15, 0.2) is 72.8 Å². The number of nitrogens with one attached hydrogen (secondary N) is 1. The zero-order valence-electron chi connectivity index (χ0n) is 19.6. The number of ether oxygens (including phenoxy) is 1. The van der Waals surface area contributed by atoms with Gasteiger partial charge in [0.05, 0.1) is 18.0 Å². The fourth-order valence-corrected chi connectivity index (χ4v) is 4.99. The van der Waals surface area contributed by atoms with Crippen LogP contribution in [0.5, 0.6) is 11.5 Å². The molecule has 0 saturated carbocycles. The molecular formula is C26H30N2O4S. The molecule has 2 atom stereocenters. The van der Waals surface area contributed by atoms with Gasteiger partial charge in [0.1, 0.15) is 17.5 Å². The lowest BCUT2D eigenvalue weighted by Crippen LogP contribution is -2.48. The number of sulfonamides is 1. The van der Waals surface area contributed by atoms with Crippen molar-refractivity contribution in [3.05, 3.63) is 89.5 Å². The van der Waals surface area contributed by atoms with Gasteiger partial charge in [-0.3, -0.25) is 9.10 Å². The largest absolute Gasteiger partial charge is 0.457 e. The van der Waals surface area contributed by atoms with Gasteiger partial charge in [-0.1, -0.05) is 42.0 Å². The molecule has 174 valence electrons. The summed E-state index contributed by atoms with van der Waals surface area (Å²) in [4.78, 5) is 13.0. The minimum atomic E-state index is -3.72. The summed E-state index contributed by atoms with van der Waals surface area (Å²) in [7, 11) is -3.72. The number of anilines is 1. The van der Waals surface area contributed by atoms with Crippen LogP contribution in [-0.2, 0) is 14.8 Å². The third-order valence-corrected chi connectivity index (χ3v) is 6.65. The van der Waals surface area contributed by atoms with Gasteiger partial charge in [0.2, 0.25) is 15.9 Å². The minimum absolute atomic E-state index is 0.261. The normalized spacial score (nSPS) is 13.1. The third-order valence-electron chi connectivity index (χ3n) is 5.41. The van der Waals surface area contributed by atoms with E-state index >= 15 is 0 Å². The van der Waals surface area contributed by atoms with Crippen molar-refractivity contribution in [2.75, 3.05) is 10.6 Å². The van der Waals surface area contributed by atoms with Gasteiger partial charge in [0.15, 0.2) is 0 Å². The first kappa shape index (κ1) is 24.3. The molecule has 7 heteroatoms. The molecule has 0 aliphatic carbocycles. The van der Waals surface area contributed by atoms with E-state index in [2.05, 4.69) is 11.4 Å². The Morgan fingerprint density at radius 2 is 1.52 bits per heavy atom. The van der Waals surface area contributed by atoms with Crippen molar-refractivity contribution in [1.82, 2.24) is 5.32 Å². The van der Waals surface area contributed by atoms with Crippen LogP contribution in [0, 0.1) is 13.8 Å². The number of benzene rings is 3. The Balaban J connectivity index is 1.78. The number of carbonyl (C=O) groups is 1. The van der Waals surface area contributed by atoms with E-state index in [1.807, 2.05) is 63.2 Å². The Labute approximate surface area is 196 Å². The summed E-state index contributed by atoms with van der Waals surface area (Å²) in [5.74, 6) is 0.870. The number of rotatable bonds is 8. The van der Waals surface area contributed by atoms with E-state index < -0.39 is 16.1 Å². The molecule has 3 aromatic rings. The van der Waals surface area contributed by atoms with Crippen molar-refractivity contribution < 1.29 is 17.9 Å². The first-order valence-electron chi connectivity index (χ1n) is 10.8. The maximum atomic E-state index is 13.0. The third kappa shape index (κ3) is 6.14. The number of carbonyl (C=O) groups excluding carboxylic acids is 1. The number of para-hydroxylation sites is 1. The first-order valence-corrected chi connectivity index (χ1v) is 12.6. The van der Waals surface area contributed by atoms with Crippen molar-refractivity contribution in [2.45, 2.75) is 39.8 Å². The van der Waals surface area contributed by atoms with Crippen LogP contribution in [0.25, 0.3) is 0 Å². The maximum Gasteiger partial charge on any atom is 0.244 e. The van der Waals surface area contributed by atoms with Crippen molar-refractivity contribution in [3.63, 3.8) is 0 Å². The van der Waals surface area contributed by atoms with Crippen molar-refractivity contribution in [2.24, 2.45) is 0 Å². The molecule has 6 nitrogen and oxygen atoms in total. The van der Waals surface area contributed by atoms with Gasteiger partial charge >= 0.3 is 0 Å². The Bertz CT molecular complexity index is 1210. The number of hydrogen-bond donors (Lipinski definition) is 1. The molecule has 0 aliphatic heterocycles. The van der Waals surface area contributed by atoms with Gasteiger partial charge < -0.3 is 10.1 Å². The van der Waals surface area contributed by atoms with Crippen LogP contribution in [-0.4, -0.2) is 26.6 Å². The Morgan fingerprint density at radius 1 is 0.909 bits per heavy atom. The number of hydrogen-bond acceptors (Lipinski definition) is 4. The highest BCUT2D eigenvalue weighted by atomic mass is 32.2. The SMILES string of the molecule is Cc1ccc([C@H](C)NC(=O)[C@H](C)N(c2ccc(Oc3ccccc3)cc2)S(C)(=O)=O)c(C)c1. The molecule has 0 aromatic heterocycles. The Hall–Kier alpha value is -3.32. The summed E-state index contributed by atoms with van der Waals surface area (Å²) in [6, 6.07) is 20.8. The second-order valence-electron chi connectivity index (χ2n) is 8.23. The predicted octanol–water partition coefficient (Wildman–Crippen LogP) is 5.13. The van der Waals surface area contributed by atoms with E-state index in [1.54, 1.807) is 31.2 Å². The quantitative estimate of drug-likeness (QED) is 0.499. The first-order chi connectivity index (χ1) is 15.6. The van der Waals surface area contributed by atoms with Crippen LogP contribution in [0.2, 0.25) is 0 Å². The molecule has 1 amide bonds. The molecule has 0 bridgehead atoms. The molecule has 0 heterocycles. The fourth-order valence-electron chi connectivity index (χ4n) is 3.82. The summed E-state index contributed by atoms with van der Waals surface area (Å²) < 4.78 is 32.1. The zero-order chi connectivity index (χ0) is 24.2. The second-order valence-corrected chi connectivity index (χ2v) is 10.1. The lowest BCUT2D eigenvalue weighted by Gasteiger charge is -2.29. The van der Waals surface area contributed by atoms with Gasteiger partial charge in [0.25, 0.3) is 0 Å². The smallest absolute Gasteiger partial charge is 0.244 e. The van der Waals surface area contributed by atoms with Gasteiger partial charge in [-0.05, 0) is 75.2 Å². The van der Waals surface area contributed by atoms with Crippen LogP contribution in [0.3, 0.4) is 0 Å². The monoisotopic (exact) mass is 466 g/mol. The van der Waals surface area contributed by atoms with Gasteiger partial charge in [-0.25, -0.2) is 8.42 Å². The highest BCUT2D eigenvalue weighted by Gasteiger charge is 2.30. The fraction of sp³-hybridized carbons (Fsp3) is 0.269. The summed E-state index contributed by atoms with van der Waals surface area (Å²) in [5.41, 5.74) is 3.60. The van der Waals surface area contributed by atoms with Crippen LogP contribution < -0.4 is 14.4 Å². The molecule has 0 fully saturated rings. The van der Waals surface area contributed by atoms with Gasteiger partial charge in [0, 0.05) is 0 Å². The Morgan fingerprint density at radius 3 is 2.09 bits per heavy atom. The summed E-state index contributed by atoms with van der Waals surface area (Å²) in [6.07, 6.45) is 1.10. The molecule has 3 rings (SSSR count). The van der Waals surface area contributed by atoms with Crippen LogP contribution in [0.4, 0.5) is 5.69 Å². The molecule has 0 saturated heterocycles. The van der Waals surface area contributed by atoms with E-state index in [1.165, 1.54) is 0 Å². The van der Waals surface area contributed by atoms with Crippen molar-refractivity contribution in [1.29, 1.82) is 0 Å². The minimum Gasteiger partial charge on any atom is -0.457 e. The lowest BCUT2D eigenvalue weighted by atomic mass is 10.00. The van der Waals surface area contributed by atoms with Crippen molar-refractivity contribution in [3.8, 4) is 11.5 Å². The number of amides is 1. The molecule has 3 aromatic carbocycles. The van der Waals surface area contributed by atoms with Crippen LogP contribution >= 0.6 is 0 Å². The predicted molar refractivity (Wildman–Crippen MR) is 132 cm³/mol. The highest BCUT2D eigenvalue weighted by molar-refractivity contribution is 7.92. The lowest BCUT2D eigenvalue weighted by molar-refractivity contribution is -0.122. The molecular weight excluding hydrogens is 436 g/mol. The molecule has 0 radical (unpaired) electrons. The molecule has 0 spiro atoms. The van der Waals surface area contributed by atoms with E-state index in [0.717, 1.165) is 27.3 Å². The number of nitrogens with zero attached hydrogens (tertiary/aromatic N) is 1. The zero-order valence-corrected chi connectivity index (χ0v) is 20.4. The Kier molecular flexibility index (Phi) is 7.43. The molecule has 0 unspecified atom stereocenters. The van der Waals surface area contributed by atoms with Crippen molar-refractivity contribution >= 4 is 21.6 Å². The maximum absolute atomic E-state index is 13.0. The highest BCUT2D eigenvalue weighted by Crippen LogP contribution is 2.27. The summed E-state index contributed by atoms with van der Waals surface area (Å²) in [6.45, 7) is 7.49. The molecule has 33 heavy (non-hydrogen) atoms.